The van der Waals surface area contributed by atoms with Crippen LogP contribution < -0.4 is 16.4 Å². The van der Waals surface area contributed by atoms with Crippen molar-refractivity contribution in [3.8, 4) is 0 Å². The quantitative estimate of drug-likeness (QED) is 0.731. The van der Waals surface area contributed by atoms with Gasteiger partial charge in [0.25, 0.3) is 5.91 Å². The normalized spacial score (nSPS) is 10.6. The fourth-order valence-electron chi connectivity index (χ4n) is 1.88. The average molecular weight is 304 g/mol. The van der Waals surface area contributed by atoms with Gasteiger partial charge in [0.1, 0.15) is 5.69 Å². The maximum Gasteiger partial charge on any atom is 0.275 e. The molecule has 5 nitrogen and oxygen atoms in total. The van der Waals surface area contributed by atoms with Gasteiger partial charge in [-0.1, -0.05) is 19.1 Å². The SMILES string of the molecule is CCNCc1cccc(NC(=O)c2csc(CCN)n2)c1. The molecule has 0 saturated carbocycles. The molecule has 0 aliphatic heterocycles. The van der Waals surface area contributed by atoms with Gasteiger partial charge < -0.3 is 16.4 Å². The summed E-state index contributed by atoms with van der Waals surface area (Å²) >= 11 is 1.47. The highest BCUT2D eigenvalue weighted by atomic mass is 32.1. The largest absolute Gasteiger partial charge is 0.330 e. The number of benzene rings is 1. The van der Waals surface area contributed by atoms with Gasteiger partial charge in [-0.25, -0.2) is 4.98 Å². The van der Waals surface area contributed by atoms with Gasteiger partial charge in [0, 0.05) is 24.0 Å². The van der Waals surface area contributed by atoms with Gasteiger partial charge in [-0.3, -0.25) is 4.79 Å². The molecule has 1 aromatic carbocycles. The summed E-state index contributed by atoms with van der Waals surface area (Å²) < 4.78 is 0. The summed E-state index contributed by atoms with van der Waals surface area (Å²) in [5, 5.41) is 8.79. The Balaban J connectivity index is 2.01. The molecule has 0 bridgehead atoms. The van der Waals surface area contributed by atoms with Crippen molar-refractivity contribution >= 4 is 22.9 Å². The Morgan fingerprint density at radius 2 is 2.29 bits per heavy atom. The molecule has 0 fully saturated rings. The highest BCUT2D eigenvalue weighted by Crippen LogP contribution is 2.14. The van der Waals surface area contributed by atoms with Crippen molar-refractivity contribution in [3.05, 3.63) is 45.9 Å². The number of rotatable bonds is 7. The van der Waals surface area contributed by atoms with Crippen LogP contribution in [-0.2, 0) is 13.0 Å². The molecule has 0 radical (unpaired) electrons. The Morgan fingerprint density at radius 1 is 1.43 bits per heavy atom. The molecular formula is C15H20N4OS. The highest BCUT2D eigenvalue weighted by Gasteiger charge is 2.10. The van der Waals surface area contributed by atoms with Crippen molar-refractivity contribution in [1.82, 2.24) is 10.3 Å². The lowest BCUT2D eigenvalue weighted by Gasteiger charge is -2.06. The van der Waals surface area contributed by atoms with Gasteiger partial charge in [-0.2, -0.15) is 0 Å². The van der Waals surface area contributed by atoms with E-state index in [2.05, 4.69) is 22.5 Å². The fourth-order valence-corrected chi connectivity index (χ4v) is 2.67. The number of amides is 1. The number of hydrogen-bond donors (Lipinski definition) is 3. The first-order valence-corrected chi connectivity index (χ1v) is 7.86. The van der Waals surface area contributed by atoms with Crippen LogP contribution in [0.25, 0.3) is 0 Å². The number of nitrogens with zero attached hydrogens (tertiary/aromatic N) is 1. The van der Waals surface area contributed by atoms with Crippen LogP contribution in [0.4, 0.5) is 5.69 Å². The van der Waals surface area contributed by atoms with Gasteiger partial charge in [-0.15, -0.1) is 11.3 Å². The third kappa shape index (κ3) is 4.63. The molecule has 1 heterocycles. The molecule has 1 aromatic heterocycles. The summed E-state index contributed by atoms with van der Waals surface area (Å²) in [7, 11) is 0. The van der Waals surface area contributed by atoms with Crippen molar-refractivity contribution in [2.45, 2.75) is 19.9 Å². The molecule has 0 atom stereocenters. The fraction of sp³-hybridized carbons (Fsp3) is 0.333. The van der Waals surface area contributed by atoms with Crippen LogP contribution in [-0.4, -0.2) is 24.0 Å². The number of aromatic nitrogens is 1. The summed E-state index contributed by atoms with van der Waals surface area (Å²) in [6, 6.07) is 7.80. The smallest absolute Gasteiger partial charge is 0.275 e. The molecule has 0 aliphatic carbocycles. The first-order valence-electron chi connectivity index (χ1n) is 6.98. The van der Waals surface area contributed by atoms with E-state index in [0.717, 1.165) is 29.3 Å². The number of thiazole rings is 1. The second-order valence-electron chi connectivity index (χ2n) is 4.60. The van der Waals surface area contributed by atoms with E-state index in [0.29, 0.717) is 18.7 Å². The predicted molar refractivity (Wildman–Crippen MR) is 86.6 cm³/mol. The molecule has 0 unspecified atom stereocenters. The molecule has 112 valence electrons. The van der Waals surface area contributed by atoms with E-state index < -0.39 is 0 Å². The zero-order chi connectivity index (χ0) is 15.1. The molecule has 0 aliphatic rings. The summed E-state index contributed by atoms with van der Waals surface area (Å²) in [5.41, 5.74) is 7.85. The average Bonchev–Trinajstić information content (AvgIpc) is 2.95. The van der Waals surface area contributed by atoms with Crippen molar-refractivity contribution < 1.29 is 4.79 Å². The van der Waals surface area contributed by atoms with E-state index in [-0.39, 0.29) is 5.91 Å². The van der Waals surface area contributed by atoms with Crippen molar-refractivity contribution in [2.24, 2.45) is 5.73 Å². The second-order valence-corrected chi connectivity index (χ2v) is 5.54. The van der Waals surface area contributed by atoms with Crippen LogP contribution in [0.5, 0.6) is 0 Å². The third-order valence-corrected chi connectivity index (χ3v) is 3.82. The molecule has 6 heteroatoms. The first-order chi connectivity index (χ1) is 10.2. The van der Waals surface area contributed by atoms with E-state index in [9.17, 15) is 4.79 Å². The Kier molecular flexibility index (Phi) is 5.86. The number of nitrogens with one attached hydrogen (secondary N) is 2. The zero-order valence-electron chi connectivity index (χ0n) is 12.1. The van der Waals surface area contributed by atoms with Gasteiger partial charge in [0.05, 0.1) is 5.01 Å². The third-order valence-electron chi connectivity index (χ3n) is 2.91. The molecule has 1 amide bonds. The van der Waals surface area contributed by atoms with Gasteiger partial charge in [-0.05, 0) is 30.8 Å². The standard InChI is InChI=1S/C15H20N4OS/c1-2-17-9-11-4-3-5-12(8-11)18-15(20)13-10-21-14(19-13)6-7-16/h3-5,8,10,17H,2,6-7,9,16H2,1H3,(H,18,20). The van der Waals surface area contributed by atoms with Crippen molar-refractivity contribution in [2.75, 3.05) is 18.4 Å². The van der Waals surface area contributed by atoms with E-state index in [1.165, 1.54) is 11.3 Å². The van der Waals surface area contributed by atoms with Crippen LogP contribution in [0, 0.1) is 0 Å². The number of anilines is 1. The van der Waals surface area contributed by atoms with Gasteiger partial charge in [0.2, 0.25) is 0 Å². The number of nitrogens with two attached hydrogens (primary N) is 1. The maximum absolute atomic E-state index is 12.1. The van der Waals surface area contributed by atoms with Gasteiger partial charge >= 0.3 is 0 Å². The minimum absolute atomic E-state index is 0.185. The molecule has 4 N–H and O–H groups in total. The van der Waals surface area contributed by atoms with Crippen molar-refractivity contribution in [3.63, 3.8) is 0 Å². The van der Waals surface area contributed by atoms with Crippen LogP contribution in [0.15, 0.2) is 29.6 Å². The van der Waals surface area contributed by atoms with E-state index in [1.54, 1.807) is 5.38 Å². The molecule has 2 aromatic rings. The maximum atomic E-state index is 12.1. The summed E-state index contributed by atoms with van der Waals surface area (Å²) in [4.78, 5) is 16.4. The Hall–Kier alpha value is -1.76. The van der Waals surface area contributed by atoms with Crippen molar-refractivity contribution in [1.29, 1.82) is 0 Å². The number of carbonyl (C=O) groups is 1. The lowest BCUT2D eigenvalue weighted by Crippen LogP contribution is -2.14. The van der Waals surface area contributed by atoms with Crippen LogP contribution in [0.3, 0.4) is 0 Å². The zero-order valence-corrected chi connectivity index (χ0v) is 12.9. The Labute approximate surface area is 128 Å². The van der Waals surface area contributed by atoms with Crippen LogP contribution in [0.1, 0.15) is 28.0 Å². The Morgan fingerprint density at radius 3 is 3.05 bits per heavy atom. The van der Waals surface area contributed by atoms with Gasteiger partial charge in [0.15, 0.2) is 0 Å². The minimum Gasteiger partial charge on any atom is -0.330 e. The summed E-state index contributed by atoms with van der Waals surface area (Å²) in [6.45, 7) is 4.31. The molecule has 2 rings (SSSR count). The topological polar surface area (TPSA) is 80.0 Å². The number of carbonyl (C=O) groups excluding carboxylic acids is 1. The number of hydrogen-bond acceptors (Lipinski definition) is 5. The monoisotopic (exact) mass is 304 g/mol. The molecule has 0 spiro atoms. The molecule has 21 heavy (non-hydrogen) atoms. The lowest BCUT2D eigenvalue weighted by atomic mass is 10.2. The van der Waals surface area contributed by atoms with E-state index >= 15 is 0 Å². The van der Waals surface area contributed by atoms with Crippen LogP contribution in [0.2, 0.25) is 0 Å². The Bertz CT molecular complexity index is 597. The predicted octanol–water partition coefficient (Wildman–Crippen LogP) is 2.01. The molecule has 0 saturated heterocycles. The summed E-state index contributed by atoms with van der Waals surface area (Å²) in [6.07, 6.45) is 0.704. The lowest BCUT2D eigenvalue weighted by molar-refractivity contribution is 0.102. The van der Waals surface area contributed by atoms with E-state index in [1.807, 2.05) is 24.3 Å². The van der Waals surface area contributed by atoms with E-state index in [4.69, 9.17) is 5.73 Å². The second kappa shape index (κ2) is 7.87. The highest BCUT2D eigenvalue weighted by molar-refractivity contribution is 7.09. The molecular weight excluding hydrogens is 284 g/mol. The summed E-state index contributed by atoms with van der Waals surface area (Å²) in [5.74, 6) is -0.185. The first kappa shape index (κ1) is 15.6. The minimum atomic E-state index is -0.185. The van der Waals surface area contributed by atoms with Crippen LogP contribution >= 0.6 is 11.3 Å².